The molecule has 1 atom stereocenters. The van der Waals surface area contributed by atoms with Crippen molar-refractivity contribution in [3.05, 3.63) is 63.6 Å². The molecule has 27 heavy (non-hydrogen) atoms. The monoisotopic (exact) mass is 408 g/mol. The number of rotatable bonds is 6. The molecule has 0 saturated heterocycles. The predicted octanol–water partition coefficient (Wildman–Crippen LogP) is 3.60. The number of amides is 2. The van der Waals surface area contributed by atoms with Gasteiger partial charge in [-0.25, -0.2) is 0 Å². The number of benzene rings is 2. The Kier molecular flexibility index (Phi) is 7.21. The molecule has 2 rings (SSSR count). The Bertz CT molecular complexity index is 871. The van der Waals surface area contributed by atoms with Gasteiger partial charge in [-0.05, 0) is 44.2 Å². The van der Waals surface area contributed by atoms with Gasteiger partial charge in [0, 0.05) is 10.6 Å². The van der Waals surface area contributed by atoms with Gasteiger partial charge in [0.2, 0.25) is 0 Å². The van der Waals surface area contributed by atoms with Crippen LogP contribution in [-0.2, 0) is 14.3 Å². The fourth-order valence-corrected chi connectivity index (χ4v) is 2.50. The quantitative estimate of drug-likeness (QED) is 0.714. The highest BCUT2D eigenvalue weighted by atomic mass is 35.5. The molecular formula is C19H18Cl2N2O4. The smallest absolute Gasteiger partial charge is 0.326 e. The fourth-order valence-electron chi connectivity index (χ4n) is 2.16. The predicted molar refractivity (Wildman–Crippen MR) is 104 cm³/mol. The molecule has 0 aromatic heterocycles. The Balaban J connectivity index is 1.84. The first kappa shape index (κ1) is 20.7. The van der Waals surface area contributed by atoms with Crippen LogP contribution in [0.1, 0.15) is 22.8 Å². The van der Waals surface area contributed by atoms with Crippen LogP contribution in [0.5, 0.6) is 0 Å². The molecule has 0 heterocycles. The standard InChI is InChI=1S/C19H18Cl2N2O4/c1-11-4-3-5-13(8-11)19(26)22-10-17(24)27-12(2)18(25)23-16-9-14(20)6-7-15(16)21/h3-9,12H,10H2,1-2H3,(H,22,26)(H,23,25)/t12-/m1/s1. The highest BCUT2D eigenvalue weighted by Gasteiger charge is 2.19. The van der Waals surface area contributed by atoms with Gasteiger partial charge in [-0.2, -0.15) is 0 Å². The number of hydrogen-bond acceptors (Lipinski definition) is 4. The summed E-state index contributed by atoms with van der Waals surface area (Å²) < 4.78 is 5.02. The molecule has 0 unspecified atom stereocenters. The molecular weight excluding hydrogens is 391 g/mol. The fraction of sp³-hybridized carbons (Fsp3) is 0.211. The third-order valence-corrected chi connectivity index (χ3v) is 4.10. The first-order chi connectivity index (χ1) is 12.8. The van der Waals surface area contributed by atoms with Crippen LogP contribution < -0.4 is 10.6 Å². The first-order valence-electron chi connectivity index (χ1n) is 8.06. The second kappa shape index (κ2) is 9.39. The van der Waals surface area contributed by atoms with E-state index in [4.69, 9.17) is 27.9 Å². The normalized spacial score (nSPS) is 11.4. The van der Waals surface area contributed by atoms with Crippen LogP contribution in [-0.4, -0.2) is 30.4 Å². The van der Waals surface area contributed by atoms with Crippen LogP contribution in [0.4, 0.5) is 5.69 Å². The summed E-state index contributed by atoms with van der Waals surface area (Å²) in [5.41, 5.74) is 1.67. The average Bonchev–Trinajstić information content (AvgIpc) is 2.62. The Morgan fingerprint density at radius 1 is 1.11 bits per heavy atom. The summed E-state index contributed by atoms with van der Waals surface area (Å²) in [6, 6.07) is 11.5. The molecule has 2 amide bonds. The van der Waals surface area contributed by atoms with Crippen LogP contribution in [0.25, 0.3) is 0 Å². The van der Waals surface area contributed by atoms with Crippen molar-refractivity contribution in [2.45, 2.75) is 20.0 Å². The zero-order valence-electron chi connectivity index (χ0n) is 14.7. The lowest BCUT2D eigenvalue weighted by Gasteiger charge is -2.14. The van der Waals surface area contributed by atoms with Gasteiger partial charge in [-0.15, -0.1) is 0 Å². The molecule has 2 aromatic carbocycles. The molecule has 0 spiro atoms. The van der Waals surface area contributed by atoms with Gasteiger partial charge in [0.05, 0.1) is 10.7 Å². The van der Waals surface area contributed by atoms with E-state index in [1.807, 2.05) is 13.0 Å². The van der Waals surface area contributed by atoms with E-state index in [0.29, 0.717) is 21.3 Å². The van der Waals surface area contributed by atoms with Gasteiger partial charge >= 0.3 is 5.97 Å². The number of hydrogen-bond donors (Lipinski definition) is 2. The molecule has 6 nitrogen and oxygen atoms in total. The van der Waals surface area contributed by atoms with E-state index < -0.39 is 23.9 Å². The lowest BCUT2D eigenvalue weighted by molar-refractivity contribution is -0.152. The molecule has 0 aliphatic rings. The summed E-state index contributed by atoms with van der Waals surface area (Å²) in [5.74, 6) is -1.72. The van der Waals surface area contributed by atoms with Gasteiger partial charge in [0.1, 0.15) is 6.54 Å². The maximum Gasteiger partial charge on any atom is 0.326 e. The van der Waals surface area contributed by atoms with Crippen molar-refractivity contribution in [2.75, 3.05) is 11.9 Å². The van der Waals surface area contributed by atoms with Gasteiger partial charge in [0.25, 0.3) is 11.8 Å². The second-order valence-corrected chi connectivity index (χ2v) is 6.64. The molecule has 0 aliphatic carbocycles. The van der Waals surface area contributed by atoms with E-state index in [9.17, 15) is 14.4 Å². The number of ether oxygens (including phenoxy) is 1. The zero-order chi connectivity index (χ0) is 20.0. The largest absolute Gasteiger partial charge is 0.451 e. The lowest BCUT2D eigenvalue weighted by atomic mass is 10.1. The van der Waals surface area contributed by atoms with E-state index >= 15 is 0 Å². The van der Waals surface area contributed by atoms with E-state index in [2.05, 4.69) is 10.6 Å². The molecule has 0 bridgehead atoms. The van der Waals surface area contributed by atoms with Crippen LogP contribution in [0.2, 0.25) is 10.0 Å². The summed E-state index contributed by atoms with van der Waals surface area (Å²) in [5, 5.41) is 5.69. The molecule has 0 radical (unpaired) electrons. The summed E-state index contributed by atoms with van der Waals surface area (Å²) in [6.07, 6.45) is -1.08. The van der Waals surface area contributed by atoms with Crippen molar-refractivity contribution in [2.24, 2.45) is 0 Å². The molecule has 0 saturated carbocycles. The lowest BCUT2D eigenvalue weighted by Crippen LogP contribution is -2.35. The minimum atomic E-state index is -1.08. The van der Waals surface area contributed by atoms with Crippen LogP contribution in [0.15, 0.2) is 42.5 Å². The van der Waals surface area contributed by atoms with Gasteiger partial charge < -0.3 is 15.4 Å². The summed E-state index contributed by atoms with van der Waals surface area (Å²) in [7, 11) is 0. The number of halogens is 2. The number of aryl methyl sites for hydroxylation is 1. The van der Waals surface area contributed by atoms with Crippen LogP contribution in [0, 0.1) is 6.92 Å². The molecule has 2 aromatic rings. The van der Waals surface area contributed by atoms with Crippen molar-refractivity contribution in [3.63, 3.8) is 0 Å². The van der Waals surface area contributed by atoms with Crippen LogP contribution in [0.3, 0.4) is 0 Å². The summed E-state index contributed by atoms with van der Waals surface area (Å²) in [6.45, 7) is 2.91. The van der Waals surface area contributed by atoms with Gasteiger partial charge in [-0.1, -0.05) is 40.9 Å². The zero-order valence-corrected chi connectivity index (χ0v) is 16.2. The number of carbonyl (C=O) groups is 3. The van der Waals surface area contributed by atoms with Gasteiger partial charge in [-0.3, -0.25) is 14.4 Å². The summed E-state index contributed by atoms with van der Waals surface area (Å²) >= 11 is 11.8. The highest BCUT2D eigenvalue weighted by Crippen LogP contribution is 2.25. The molecule has 0 aliphatic heterocycles. The number of anilines is 1. The van der Waals surface area contributed by atoms with Crippen LogP contribution >= 0.6 is 23.2 Å². The molecule has 2 N–H and O–H groups in total. The molecule has 0 fully saturated rings. The first-order valence-corrected chi connectivity index (χ1v) is 8.82. The number of nitrogens with one attached hydrogen (secondary N) is 2. The Hall–Kier alpha value is -2.57. The van der Waals surface area contributed by atoms with Crippen molar-refractivity contribution < 1.29 is 19.1 Å². The SMILES string of the molecule is Cc1cccc(C(=O)NCC(=O)O[C@H](C)C(=O)Nc2cc(Cl)ccc2Cl)c1. The van der Waals surface area contributed by atoms with E-state index in [1.54, 1.807) is 24.3 Å². The van der Waals surface area contributed by atoms with Crippen molar-refractivity contribution >= 4 is 46.7 Å². The Morgan fingerprint density at radius 2 is 1.85 bits per heavy atom. The highest BCUT2D eigenvalue weighted by molar-refractivity contribution is 6.35. The van der Waals surface area contributed by atoms with Gasteiger partial charge in [0.15, 0.2) is 6.10 Å². The van der Waals surface area contributed by atoms with E-state index in [0.717, 1.165) is 5.56 Å². The minimum absolute atomic E-state index is 0.302. The van der Waals surface area contributed by atoms with Crippen molar-refractivity contribution in [1.29, 1.82) is 0 Å². The second-order valence-electron chi connectivity index (χ2n) is 5.80. The molecule has 8 heteroatoms. The summed E-state index contributed by atoms with van der Waals surface area (Å²) in [4.78, 5) is 36.0. The Morgan fingerprint density at radius 3 is 2.56 bits per heavy atom. The van der Waals surface area contributed by atoms with E-state index in [-0.39, 0.29) is 6.54 Å². The van der Waals surface area contributed by atoms with Crippen molar-refractivity contribution in [3.8, 4) is 0 Å². The number of carbonyl (C=O) groups excluding carboxylic acids is 3. The van der Waals surface area contributed by atoms with Crippen molar-refractivity contribution in [1.82, 2.24) is 5.32 Å². The minimum Gasteiger partial charge on any atom is -0.451 e. The maximum atomic E-state index is 12.1. The third-order valence-electron chi connectivity index (χ3n) is 3.54. The number of esters is 1. The van der Waals surface area contributed by atoms with E-state index in [1.165, 1.54) is 19.1 Å². The third kappa shape index (κ3) is 6.27. The topological polar surface area (TPSA) is 84.5 Å². The average molecular weight is 409 g/mol. The maximum absolute atomic E-state index is 12.1. The Labute approximate surface area is 166 Å². The molecule has 142 valence electrons.